The van der Waals surface area contributed by atoms with Gasteiger partial charge >= 0.3 is 5.97 Å². The van der Waals surface area contributed by atoms with E-state index in [1.807, 2.05) is 6.92 Å². The fourth-order valence-electron chi connectivity index (χ4n) is 0.814. The maximum absolute atomic E-state index is 10.2. The fraction of sp³-hybridized carbons (Fsp3) is 0.875. The van der Waals surface area contributed by atoms with E-state index in [9.17, 15) is 4.79 Å². The molecule has 0 aromatic carbocycles. The molecule has 2 atom stereocenters. The average Bonchev–Trinajstić information content (AvgIpc) is 1.96. The Labute approximate surface area is 72.6 Å². The lowest BCUT2D eigenvalue weighted by atomic mass is 10.2. The molecule has 12 heavy (non-hydrogen) atoms. The van der Waals surface area contributed by atoms with Crippen molar-refractivity contribution >= 4 is 5.97 Å². The van der Waals surface area contributed by atoms with Gasteiger partial charge in [0.15, 0.2) is 0 Å². The fourth-order valence-corrected chi connectivity index (χ4v) is 0.814. The predicted molar refractivity (Wildman–Crippen MR) is 46.0 cm³/mol. The molecule has 0 fully saturated rings. The molecule has 0 aromatic rings. The first kappa shape index (κ1) is 11.4. The number of nitrogens with one attached hydrogen (secondary N) is 1. The summed E-state index contributed by atoms with van der Waals surface area (Å²) in [5.41, 5.74) is 0. The van der Waals surface area contributed by atoms with Crippen molar-refractivity contribution in [2.45, 2.75) is 38.8 Å². The van der Waals surface area contributed by atoms with E-state index in [0.717, 1.165) is 0 Å². The maximum atomic E-state index is 10.2. The van der Waals surface area contributed by atoms with Crippen molar-refractivity contribution in [2.24, 2.45) is 0 Å². The third-order valence-electron chi connectivity index (χ3n) is 1.55. The number of carboxylic acid groups (broad SMARTS) is 1. The second kappa shape index (κ2) is 5.97. The summed E-state index contributed by atoms with van der Waals surface area (Å²) < 4.78 is 0. The Bertz CT molecular complexity index is 136. The lowest BCUT2D eigenvalue weighted by Gasteiger charge is -2.13. The summed E-state index contributed by atoms with van der Waals surface area (Å²) in [5, 5.41) is 20.3. The highest BCUT2D eigenvalue weighted by Gasteiger charge is 2.05. The Morgan fingerprint density at radius 3 is 2.50 bits per heavy atom. The summed E-state index contributed by atoms with van der Waals surface area (Å²) >= 11 is 0. The van der Waals surface area contributed by atoms with Crippen molar-refractivity contribution in [1.29, 1.82) is 0 Å². The van der Waals surface area contributed by atoms with Crippen LogP contribution in [0.15, 0.2) is 0 Å². The molecular weight excluding hydrogens is 158 g/mol. The molecule has 0 radical (unpaired) electrons. The monoisotopic (exact) mass is 175 g/mol. The van der Waals surface area contributed by atoms with E-state index in [1.165, 1.54) is 0 Å². The number of aliphatic hydroxyl groups excluding tert-OH is 1. The summed E-state index contributed by atoms with van der Waals surface area (Å²) in [6, 6.07) is 0.149. The summed E-state index contributed by atoms with van der Waals surface area (Å²) in [5.74, 6) is -0.777. The van der Waals surface area contributed by atoms with Crippen LogP contribution in [-0.4, -0.2) is 34.9 Å². The first-order chi connectivity index (χ1) is 5.52. The highest BCUT2D eigenvalue weighted by Crippen LogP contribution is 1.95. The Morgan fingerprint density at radius 2 is 2.08 bits per heavy atom. The van der Waals surface area contributed by atoms with Gasteiger partial charge in [-0.05, 0) is 20.3 Å². The molecule has 0 bridgehead atoms. The third kappa shape index (κ3) is 7.50. The van der Waals surface area contributed by atoms with Gasteiger partial charge in [0, 0.05) is 19.0 Å². The Balaban J connectivity index is 3.33. The van der Waals surface area contributed by atoms with Crippen LogP contribution in [0.2, 0.25) is 0 Å². The number of hydrogen-bond donors (Lipinski definition) is 3. The van der Waals surface area contributed by atoms with Gasteiger partial charge in [-0.25, -0.2) is 0 Å². The first-order valence-corrected chi connectivity index (χ1v) is 4.15. The Hall–Kier alpha value is -0.610. The van der Waals surface area contributed by atoms with Crippen molar-refractivity contribution in [3.8, 4) is 0 Å². The molecule has 0 amide bonds. The van der Waals surface area contributed by atoms with Gasteiger partial charge in [0.25, 0.3) is 0 Å². The van der Waals surface area contributed by atoms with Gasteiger partial charge in [-0.3, -0.25) is 4.79 Å². The van der Waals surface area contributed by atoms with E-state index in [1.54, 1.807) is 6.92 Å². The van der Waals surface area contributed by atoms with Crippen LogP contribution in [-0.2, 0) is 4.79 Å². The molecule has 72 valence electrons. The molecule has 2 unspecified atom stereocenters. The lowest BCUT2D eigenvalue weighted by Crippen LogP contribution is -2.32. The maximum Gasteiger partial charge on any atom is 0.303 e. The molecule has 0 rings (SSSR count). The molecule has 3 N–H and O–H groups in total. The van der Waals surface area contributed by atoms with Crippen LogP contribution in [0.1, 0.15) is 26.7 Å². The van der Waals surface area contributed by atoms with E-state index in [2.05, 4.69) is 5.32 Å². The standard InChI is InChI=1S/C8H17NO3/c1-6(3-4-8(11)12)9-5-7(2)10/h6-7,9-10H,3-5H2,1-2H3,(H,11,12). The van der Waals surface area contributed by atoms with E-state index in [0.29, 0.717) is 13.0 Å². The van der Waals surface area contributed by atoms with Crippen LogP contribution in [0.25, 0.3) is 0 Å². The molecule has 4 nitrogen and oxygen atoms in total. The van der Waals surface area contributed by atoms with Crippen LogP contribution in [0.4, 0.5) is 0 Å². The minimum Gasteiger partial charge on any atom is -0.481 e. The van der Waals surface area contributed by atoms with Gasteiger partial charge < -0.3 is 15.5 Å². The molecule has 0 aromatic heterocycles. The van der Waals surface area contributed by atoms with Crippen molar-refractivity contribution in [3.63, 3.8) is 0 Å². The van der Waals surface area contributed by atoms with Crippen molar-refractivity contribution < 1.29 is 15.0 Å². The van der Waals surface area contributed by atoms with Gasteiger partial charge in [-0.15, -0.1) is 0 Å². The second-order valence-corrected chi connectivity index (χ2v) is 3.09. The highest BCUT2D eigenvalue weighted by molar-refractivity contribution is 5.66. The topological polar surface area (TPSA) is 69.6 Å². The van der Waals surface area contributed by atoms with E-state index in [-0.39, 0.29) is 18.6 Å². The van der Waals surface area contributed by atoms with Crippen LogP contribution in [0.3, 0.4) is 0 Å². The zero-order valence-corrected chi connectivity index (χ0v) is 7.58. The van der Waals surface area contributed by atoms with Gasteiger partial charge in [0.2, 0.25) is 0 Å². The van der Waals surface area contributed by atoms with E-state index >= 15 is 0 Å². The number of carbonyl (C=O) groups is 1. The first-order valence-electron chi connectivity index (χ1n) is 4.15. The van der Waals surface area contributed by atoms with Crippen LogP contribution in [0.5, 0.6) is 0 Å². The molecule has 0 saturated heterocycles. The minimum absolute atomic E-state index is 0.149. The minimum atomic E-state index is -0.777. The van der Waals surface area contributed by atoms with Crippen LogP contribution >= 0.6 is 0 Å². The molecule has 0 saturated carbocycles. The van der Waals surface area contributed by atoms with Crippen LogP contribution in [0, 0.1) is 0 Å². The van der Waals surface area contributed by atoms with Crippen molar-refractivity contribution in [2.75, 3.05) is 6.54 Å². The number of rotatable bonds is 6. The number of aliphatic hydroxyl groups is 1. The zero-order valence-electron chi connectivity index (χ0n) is 7.58. The van der Waals surface area contributed by atoms with Crippen molar-refractivity contribution in [1.82, 2.24) is 5.32 Å². The number of aliphatic carboxylic acids is 1. The largest absolute Gasteiger partial charge is 0.481 e. The second-order valence-electron chi connectivity index (χ2n) is 3.09. The molecule has 0 spiro atoms. The molecule has 0 aliphatic carbocycles. The molecule has 0 heterocycles. The Kier molecular flexibility index (Phi) is 5.66. The average molecular weight is 175 g/mol. The third-order valence-corrected chi connectivity index (χ3v) is 1.55. The summed E-state index contributed by atoms with van der Waals surface area (Å²) in [7, 11) is 0. The Morgan fingerprint density at radius 1 is 1.50 bits per heavy atom. The van der Waals surface area contributed by atoms with E-state index in [4.69, 9.17) is 10.2 Å². The normalized spacial score (nSPS) is 15.6. The molecular formula is C8H17NO3. The predicted octanol–water partition coefficient (Wildman–Crippen LogP) is 0.210. The van der Waals surface area contributed by atoms with Crippen molar-refractivity contribution in [3.05, 3.63) is 0 Å². The quantitative estimate of drug-likeness (QED) is 0.539. The molecule has 0 aliphatic rings. The SMILES string of the molecule is CC(O)CNC(C)CCC(=O)O. The van der Waals surface area contributed by atoms with Gasteiger partial charge in [-0.1, -0.05) is 0 Å². The number of carboxylic acids is 1. The number of hydrogen-bond acceptors (Lipinski definition) is 3. The smallest absolute Gasteiger partial charge is 0.303 e. The zero-order chi connectivity index (χ0) is 9.56. The summed E-state index contributed by atoms with van der Waals surface area (Å²) in [6.07, 6.45) is 0.396. The lowest BCUT2D eigenvalue weighted by molar-refractivity contribution is -0.137. The molecule has 4 heteroatoms. The van der Waals surface area contributed by atoms with E-state index < -0.39 is 5.97 Å². The molecule has 0 aliphatic heterocycles. The summed E-state index contributed by atoms with van der Waals surface area (Å²) in [6.45, 7) is 4.11. The van der Waals surface area contributed by atoms with Crippen LogP contribution < -0.4 is 5.32 Å². The summed E-state index contributed by atoms with van der Waals surface area (Å²) in [4.78, 5) is 10.2. The van der Waals surface area contributed by atoms with Gasteiger partial charge in [-0.2, -0.15) is 0 Å². The van der Waals surface area contributed by atoms with Gasteiger partial charge in [0.1, 0.15) is 0 Å². The van der Waals surface area contributed by atoms with Gasteiger partial charge in [0.05, 0.1) is 6.10 Å². The highest BCUT2D eigenvalue weighted by atomic mass is 16.4.